The molecule has 0 aromatic rings. The average Bonchev–Trinajstić information content (AvgIpc) is 3.07. The lowest BCUT2D eigenvalue weighted by molar-refractivity contribution is -0.142. The van der Waals surface area contributed by atoms with Crippen LogP contribution in [-0.2, 0) is 19.2 Å². The molecule has 2 saturated heterocycles. The number of carbonyl (C=O) groups is 4. The van der Waals surface area contributed by atoms with E-state index in [0.29, 0.717) is 18.5 Å². The van der Waals surface area contributed by atoms with Gasteiger partial charge in [0.2, 0.25) is 11.8 Å². The summed E-state index contributed by atoms with van der Waals surface area (Å²) in [6.07, 6.45) is 1.90. The number of alkyl halides is 3. The molecule has 2 aliphatic heterocycles. The molecule has 32 heavy (non-hydrogen) atoms. The number of rotatable bonds is 4. The minimum Gasteiger partial charge on any atom is -0.348 e. The van der Waals surface area contributed by atoms with Crippen LogP contribution in [0.4, 0.5) is 13.2 Å². The molecule has 2 aliphatic carbocycles. The topological polar surface area (TPSA) is 95.6 Å². The number of likely N-dealkylation sites (tertiary alicyclic amines) is 1. The highest BCUT2D eigenvalue weighted by Crippen LogP contribution is 2.36. The lowest BCUT2D eigenvalue weighted by Gasteiger charge is -2.29. The van der Waals surface area contributed by atoms with Crippen LogP contribution in [0.15, 0.2) is 52.3 Å². The Hall–Kier alpha value is -3.39. The molecule has 0 bridgehead atoms. The summed E-state index contributed by atoms with van der Waals surface area (Å²) in [6, 6.07) is -0.701. The van der Waals surface area contributed by atoms with E-state index in [1.165, 1.54) is 11.0 Å². The second-order valence-corrected chi connectivity index (χ2v) is 8.03. The summed E-state index contributed by atoms with van der Waals surface area (Å²) in [4.78, 5) is 50.0. The van der Waals surface area contributed by atoms with Gasteiger partial charge in [-0.2, -0.15) is 13.2 Å². The number of hydrogen-bond acceptors (Lipinski definition) is 4. The highest BCUT2D eigenvalue weighted by atomic mass is 19.4. The first kappa shape index (κ1) is 21.8. The minimum atomic E-state index is -4.64. The van der Waals surface area contributed by atoms with Gasteiger partial charge in [-0.3, -0.25) is 24.5 Å². The van der Waals surface area contributed by atoms with E-state index in [4.69, 9.17) is 0 Å². The standard InChI is InChI=1S/C22H20F3N3O4/c23-22(24,25)16-4-2-1-3-15(16)19(30)26-10-12-5-6-14-13(9-12)11-28(21(14)32)17-7-8-18(29)27-20(17)31/h1,4-6,13,17H,2,7-11H2,(H,26,30)(H,27,29,31). The summed E-state index contributed by atoms with van der Waals surface area (Å²) >= 11 is 0. The summed E-state index contributed by atoms with van der Waals surface area (Å²) in [5.74, 6) is -2.17. The van der Waals surface area contributed by atoms with Crippen LogP contribution < -0.4 is 10.6 Å². The first-order valence-electron chi connectivity index (χ1n) is 10.2. The van der Waals surface area contributed by atoms with Gasteiger partial charge in [-0.15, -0.1) is 5.73 Å². The largest absolute Gasteiger partial charge is 0.417 e. The monoisotopic (exact) mass is 447 g/mol. The first-order chi connectivity index (χ1) is 15.1. The van der Waals surface area contributed by atoms with Gasteiger partial charge in [0.1, 0.15) is 6.04 Å². The molecule has 2 heterocycles. The van der Waals surface area contributed by atoms with Crippen LogP contribution in [0.3, 0.4) is 0 Å². The fraction of sp³-hybridized carbons (Fsp3) is 0.409. The van der Waals surface area contributed by atoms with Gasteiger partial charge in [0, 0.05) is 31.0 Å². The van der Waals surface area contributed by atoms with Crippen LogP contribution in [0.25, 0.3) is 0 Å². The van der Waals surface area contributed by atoms with Gasteiger partial charge in [0.25, 0.3) is 11.8 Å². The van der Waals surface area contributed by atoms with Crippen LogP contribution in [0, 0.1) is 5.92 Å². The number of allylic oxidation sites excluding steroid dienone is 3. The number of halogens is 3. The van der Waals surface area contributed by atoms with Gasteiger partial charge < -0.3 is 10.2 Å². The van der Waals surface area contributed by atoms with E-state index in [9.17, 15) is 32.3 Å². The third kappa shape index (κ3) is 4.18. The lowest BCUT2D eigenvalue weighted by atomic mass is 9.89. The Morgan fingerprint density at radius 3 is 2.75 bits per heavy atom. The van der Waals surface area contributed by atoms with Gasteiger partial charge in [0.15, 0.2) is 0 Å². The van der Waals surface area contributed by atoms with Crippen molar-refractivity contribution in [1.29, 1.82) is 0 Å². The second kappa shape index (κ2) is 8.27. The smallest absolute Gasteiger partial charge is 0.348 e. The van der Waals surface area contributed by atoms with E-state index in [1.807, 2.05) is 0 Å². The molecule has 0 saturated carbocycles. The van der Waals surface area contributed by atoms with Gasteiger partial charge in [0.05, 0.1) is 11.1 Å². The first-order valence-corrected chi connectivity index (χ1v) is 10.2. The summed E-state index contributed by atoms with van der Waals surface area (Å²) < 4.78 is 39.4. The predicted octanol–water partition coefficient (Wildman–Crippen LogP) is 1.60. The molecule has 0 aromatic heterocycles. The molecule has 4 amide bonds. The zero-order valence-electron chi connectivity index (χ0n) is 16.9. The molecule has 7 nitrogen and oxygen atoms in total. The van der Waals surface area contributed by atoms with E-state index in [-0.39, 0.29) is 43.5 Å². The highest BCUT2D eigenvalue weighted by molar-refractivity contribution is 6.05. The number of carbonyl (C=O) groups excluding carboxylic acids is 4. The maximum absolute atomic E-state index is 13.1. The summed E-state index contributed by atoms with van der Waals surface area (Å²) in [6.45, 7) is 0.332. The Balaban J connectivity index is 1.38. The maximum Gasteiger partial charge on any atom is 0.417 e. The molecule has 168 valence electrons. The molecule has 0 spiro atoms. The fourth-order valence-corrected chi connectivity index (χ4v) is 4.36. The molecular weight excluding hydrogens is 427 g/mol. The predicted molar refractivity (Wildman–Crippen MR) is 106 cm³/mol. The Bertz CT molecular complexity index is 1060. The van der Waals surface area contributed by atoms with Crippen molar-refractivity contribution in [1.82, 2.24) is 15.5 Å². The van der Waals surface area contributed by atoms with Gasteiger partial charge in [-0.05, 0) is 25.3 Å². The Morgan fingerprint density at radius 2 is 2.03 bits per heavy atom. The lowest BCUT2D eigenvalue weighted by Crippen LogP contribution is -2.53. The van der Waals surface area contributed by atoms with Crippen molar-refractivity contribution in [3.05, 3.63) is 52.3 Å². The number of amides is 4. The van der Waals surface area contributed by atoms with Gasteiger partial charge >= 0.3 is 6.18 Å². The van der Waals surface area contributed by atoms with E-state index in [0.717, 1.165) is 11.6 Å². The number of fused-ring (bicyclic) bond motifs is 1. The van der Waals surface area contributed by atoms with Crippen LogP contribution in [0.5, 0.6) is 0 Å². The van der Waals surface area contributed by atoms with Crippen molar-refractivity contribution in [3.8, 4) is 0 Å². The molecule has 4 aliphatic rings. The van der Waals surface area contributed by atoms with Crippen molar-refractivity contribution in [3.63, 3.8) is 0 Å². The van der Waals surface area contributed by atoms with Crippen molar-refractivity contribution >= 4 is 23.6 Å². The van der Waals surface area contributed by atoms with Crippen molar-refractivity contribution in [2.75, 3.05) is 13.1 Å². The summed E-state index contributed by atoms with van der Waals surface area (Å²) in [7, 11) is 0. The van der Waals surface area contributed by atoms with Crippen molar-refractivity contribution in [2.24, 2.45) is 5.92 Å². The van der Waals surface area contributed by atoms with Crippen LogP contribution in [0.2, 0.25) is 0 Å². The highest BCUT2D eigenvalue weighted by Gasteiger charge is 2.44. The fourth-order valence-electron chi connectivity index (χ4n) is 4.36. The van der Waals surface area contributed by atoms with Gasteiger partial charge in [-0.1, -0.05) is 23.8 Å². The molecular formula is C22H20F3N3O4. The minimum absolute atomic E-state index is 0.0298. The van der Waals surface area contributed by atoms with Crippen LogP contribution in [0.1, 0.15) is 25.7 Å². The van der Waals surface area contributed by atoms with E-state index >= 15 is 0 Å². The second-order valence-electron chi connectivity index (χ2n) is 8.03. The molecule has 2 N–H and O–H groups in total. The molecule has 2 atom stereocenters. The quantitative estimate of drug-likeness (QED) is 0.506. The summed E-state index contributed by atoms with van der Waals surface area (Å²) in [5.41, 5.74) is 2.16. The molecule has 0 aromatic carbocycles. The van der Waals surface area contributed by atoms with Crippen molar-refractivity contribution in [2.45, 2.75) is 37.9 Å². The van der Waals surface area contributed by atoms with Crippen molar-refractivity contribution < 1.29 is 32.3 Å². The maximum atomic E-state index is 13.1. The third-order valence-electron chi connectivity index (χ3n) is 5.92. The normalized spacial score (nSPS) is 25.5. The molecule has 0 radical (unpaired) electrons. The van der Waals surface area contributed by atoms with Gasteiger partial charge in [-0.25, -0.2) is 0 Å². The van der Waals surface area contributed by atoms with Crippen LogP contribution in [-0.4, -0.2) is 53.8 Å². The number of piperidine rings is 1. The number of imide groups is 1. The van der Waals surface area contributed by atoms with E-state index in [2.05, 4.69) is 16.4 Å². The summed E-state index contributed by atoms with van der Waals surface area (Å²) in [5, 5.41) is 4.75. The Labute approximate surface area is 181 Å². The Morgan fingerprint density at radius 1 is 1.25 bits per heavy atom. The molecule has 2 fully saturated rings. The zero-order valence-corrected chi connectivity index (χ0v) is 16.9. The molecule has 10 heteroatoms. The van der Waals surface area contributed by atoms with E-state index in [1.54, 1.807) is 12.2 Å². The zero-order chi connectivity index (χ0) is 23.0. The SMILES string of the molecule is O=C1CCC(N2CC3CC(CNC(=O)C4=C=CCC=C4C(F)(F)F)=CC=C3C2=O)C(=O)N1. The van der Waals surface area contributed by atoms with E-state index < -0.39 is 35.2 Å². The molecule has 2 unspecified atom stereocenters. The molecule has 4 rings (SSSR count). The average molecular weight is 447 g/mol. The Kier molecular flexibility index (Phi) is 5.64. The third-order valence-corrected chi connectivity index (χ3v) is 5.92. The number of nitrogens with one attached hydrogen (secondary N) is 2. The number of hydrogen-bond donors (Lipinski definition) is 2. The number of nitrogens with zero attached hydrogens (tertiary/aromatic N) is 1. The van der Waals surface area contributed by atoms with Crippen LogP contribution >= 0.6 is 0 Å².